The van der Waals surface area contributed by atoms with E-state index in [9.17, 15) is 18.8 Å². The molecule has 6 nitrogen and oxygen atoms in total. The highest BCUT2D eigenvalue weighted by molar-refractivity contribution is 6.31. The Morgan fingerprint density at radius 3 is 2.07 bits per heavy atom. The van der Waals surface area contributed by atoms with Gasteiger partial charge in [0, 0.05) is 40.0 Å². The van der Waals surface area contributed by atoms with E-state index < -0.39 is 0 Å². The lowest BCUT2D eigenvalue weighted by Crippen LogP contribution is -2.50. The molecular formula is C32H38Cl2FN3O3. The van der Waals surface area contributed by atoms with Crippen LogP contribution in [0.4, 0.5) is 15.8 Å². The molecule has 1 spiro atoms. The van der Waals surface area contributed by atoms with Gasteiger partial charge in [0.05, 0.1) is 5.02 Å². The van der Waals surface area contributed by atoms with Crippen molar-refractivity contribution in [3.8, 4) is 0 Å². The number of hydrogen-bond acceptors (Lipinski definition) is 4. The van der Waals surface area contributed by atoms with Gasteiger partial charge in [-0.3, -0.25) is 14.4 Å². The molecule has 0 bridgehead atoms. The summed E-state index contributed by atoms with van der Waals surface area (Å²) in [6.07, 6.45) is 4.97. The zero-order valence-corrected chi connectivity index (χ0v) is 25.4. The van der Waals surface area contributed by atoms with Crippen LogP contribution in [0.3, 0.4) is 0 Å². The first-order valence-corrected chi connectivity index (χ1v) is 14.4. The molecule has 2 amide bonds. The second-order valence-electron chi connectivity index (χ2n) is 9.60. The first-order chi connectivity index (χ1) is 19.7. The van der Waals surface area contributed by atoms with Crippen LogP contribution in [0.1, 0.15) is 68.8 Å². The Labute approximate surface area is 252 Å². The molecule has 3 aromatic carbocycles. The molecule has 41 heavy (non-hydrogen) atoms. The van der Waals surface area contributed by atoms with Crippen LogP contribution in [0.5, 0.6) is 0 Å². The van der Waals surface area contributed by atoms with Crippen molar-refractivity contribution in [3.05, 3.63) is 93.7 Å². The summed E-state index contributed by atoms with van der Waals surface area (Å²) in [7, 11) is 0. The van der Waals surface area contributed by atoms with Gasteiger partial charge >= 0.3 is 0 Å². The number of carbonyl (C=O) groups is 3. The number of rotatable bonds is 6. The molecule has 1 saturated carbocycles. The molecule has 1 aliphatic heterocycles. The van der Waals surface area contributed by atoms with E-state index >= 15 is 0 Å². The average Bonchev–Trinajstić information content (AvgIpc) is 3.30. The van der Waals surface area contributed by atoms with E-state index in [1.807, 2.05) is 26.0 Å². The molecule has 9 heteroatoms. The topological polar surface area (TPSA) is 87.3 Å². The third kappa shape index (κ3) is 9.38. The first kappa shape index (κ1) is 33.9. The molecule has 0 aromatic heterocycles. The Morgan fingerprint density at radius 1 is 0.951 bits per heavy atom. The SMILES string of the molecule is CC.CC(=O)c1ccc(NC=O)cc1.CC1C(c2cccc(Cl)c2F)CNC12CCC2.O=CNc1cccc(Cl)c1. The third-order valence-corrected chi connectivity index (χ3v) is 7.87. The molecule has 220 valence electrons. The van der Waals surface area contributed by atoms with Crippen molar-refractivity contribution in [1.82, 2.24) is 5.32 Å². The van der Waals surface area contributed by atoms with Crippen molar-refractivity contribution in [3.63, 3.8) is 0 Å². The van der Waals surface area contributed by atoms with E-state index in [0.717, 1.165) is 12.1 Å². The maximum atomic E-state index is 14.0. The van der Waals surface area contributed by atoms with E-state index in [1.165, 1.54) is 26.2 Å². The minimum Gasteiger partial charge on any atom is -0.329 e. The zero-order valence-electron chi connectivity index (χ0n) is 23.8. The van der Waals surface area contributed by atoms with Crippen LogP contribution in [0.15, 0.2) is 66.7 Å². The summed E-state index contributed by atoms with van der Waals surface area (Å²) in [5.41, 5.74) is 3.10. The summed E-state index contributed by atoms with van der Waals surface area (Å²) in [5, 5.41) is 9.43. The number of nitrogens with one attached hydrogen (secondary N) is 3. The fourth-order valence-corrected chi connectivity index (χ4v) is 5.30. The first-order valence-electron chi connectivity index (χ1n) is 13.7. The van der Waals surface area contributed by atoms with Gasteiger partial charge in [0.15, 0.2) is 5.78 Å². The van der Waals surface area contributed by atoms with Crippen molar-refractivity contribution in [2.75, 3.05) is 17.2 Å². The Balaban J connectivity index is 0.000000218. The van der Waals surface area contributed by atoms with Gasteiger partial charge in [-0.05, 0) is 86.2 Å². The number of Topliss-reactive ketones (excluding diaryl/α,β-unsaturated/α-hetero) is 1. The van der Waals surface area contributed by atoms with Crippen molar-refractivity contribution in [1.29, 1.82) is 0 Å². The molecule has 1 heterocycles. The summed E-state index contributed by atoms with van der Waals surface area (Å²) in [6.45, 7) is 8.62. The predicted octanol–water partition coefficient (Wildman–Crippen LogP) is 8.12. The molecular weight excluding hydrogens is 564 g/mol. The Hall–Kier alpha value is -3.26. The number of hydrogen-bond donors (Lipinski definition) is 3. The minimum absolute atomic E-state index is 0.0210. The van der Waals surface area contributed by atoms with Gasteiger partial charge in [-0.1, -0.05) is 62.2 Å². The lowest BCUT2D eigenvalue weighted by Gasteiger charge is -2.43. The summed E-state index contributed by atoms with van der Waals surface area (Å²) in [6, 6.07) is 19.0. The Bertz CT molecular complexity index is 1280. The molecule has 2 aliphatic rings. The Morgan fingerprint density at radius 2 is 1.56 bits per heavy atom. The highest BCUT2D eigenvalue weighted by atomic mass is 35.5. The fourth-order valence-electron chi connectivity index (χ4n) is 4.93. The molecule has 2 atom stereocenters. The largest absolute Gasteiger partial charge is 0.329 e. The fraction of sp³-hybridized carbons (Fsp3) is 0.344. The van der Waals surface area contributed by atoms with Crippen molar-refractivity contribution in [2.45, 2.75) is 58.4 Å². The van der Waals surface area contributed by atoms with Crippen LogP contribution < -0.4 is 16.0 Å². The zero-order chi connectivity index (χ0) is 30.4. The average molecular weight is 603 g/mol. The minimum atomic E-state index is -0.232. The summed E-state index contributed by atoms with van der Waals surface area (Å²) in [4.78, 5) is 30.8. The van der Waals surface area contributed by atoms with Gasteiger partial charge in [-0.15, -0.1) is 0 Å². The highest BCUT2D eigenvalue weighted by Gasteiger charge is 2.50. The van der Waals surface area contributed by atoms with Crippen molar-refractivity contribution >= 4 is 53.2 Å². The highest BCUT2D eigenvalue weighted by Crippen LogP contribution is 2.49. The molecule has 0 radical (unpaired) electrons. The van der Waals surface area contributed by atoms with Gasteiger partial charge < -0.3 is 16.0 Å². The number of halogens is 3. The van der Waals surface area contributed by atoms with Crippen LogP contribution in [0.2, 0.25) is 10.0 Å². The molecule has 2 unspecified atom stereocenters. The van der Waals surface area contributed by atoms with E-state index in [-0.39, 0.29) is 28.1 Å². The number of carbonyl (C=O) groups excluding carboxylic acids is 3. The second-order valence-corrected chi connectivity index (χ2v) is 10.4. The standard InChI is InChI=1S/C14H17ClFN.C9H9NO2.C7H6ClNO.C2H6/c1-9-11(8-17-14(9)6-3-7-14)10-4-2-5-12(15)13(10)16;1-7(12)8-2-4-9(5-3-8)10-6-11;8-6-2-1-3-7(4-6)9-5-10;1-2/h2,4-5,9,11,17H,3,6-8H2,1H3;2-6H,1H3,(H,10,11);1-5H,(H,9,10);1-2H3. The molecule has 3 aromatic rings. The molecule has 1 saturated heterocycles. The van der Waals surface area contributed by atoms with E-state index in [4.69, 9.17) is 23.2 Å². The number of benzene rings is 3. The van der Waals surface area contributed by atoms with E-state index in [2.05, 4.69) is 22.9 Å². The maximum absolute atomic E-state index is 14.0. The van der Waals surface area contributed by atoms with E-state index in [0.29, 0.717) is 40.7 Å². The summed E-state index contributed by atoms with van der Waals surface area (Å²) < 4.78 is 14.0. The van der Waals surface area contributed by atoms with Gasteiger partial charge in [-0.25, -0.2) is 4.39 Å². The lowest BCUT2D eigenvalue weighted by atomic mass is 9.67. The van der Waals surface area contributed by atoms with Gasteiger partial charge in [0.1, 0.15) is 5.82 Å². The van der Waals surface area contributed by atoms with E-state index in [1.54, 1.807) is 54.6 Å². The lowest BCUT2D eigenvalue weighted by molar-refractivity contribution is -0.106. The van der Waals surface area contributed by atoms with Crippen LogP contribution in [0, 0.1) is 11.7 Å². The molecule has 1 aliphatic carbocycles. The third-order valence-electron chi connectivity index (χ3n) is 7.34. The monoisotopic (exact) mass is 601 g/mol. The molecule has 5 rings (SSSR count). The van der Waals surface area contributed by atoms with Crippen molar-refractivity contribution in [2.24, 2.45) is 5.92 Å². The quantitative estimate of drug-likeness (QED) is 0.197. The normalized spacial score (nSPS) is 17.6. The Kier molecular flexibility index (Phi) is 14.0. The van der Waals surface area contributed by atoms with Gasteiger partial charge in [0.2, 0.25) is 12.8 Å². The van der Waals surface area contributed by atoms with Gasteiger partial charge in [-0.2, -0.15) is 0 Å². The second kappa shape index (κ2) is 16.9. The van der Waals surface area contributed by atoms with Crippen molar-refractivity contribution < 1.29 is 18.8 Å². The predicted molar refractivity (Wildman–Crippen MR) is 167 cm³/mol. The number of anilines is 2. The smallest absolute Gasteiger partial charge is 0.211 e. The van der Waals surface area contributed by atoms with Crippen LogP contribution in [-0.4, -0.2) is 30.7 Å². The summed E-state index contributed by atoms with van der Waals surface area (Å²) >= 11 is 11.5. The van der Waals surface area contributed by atoms with Crippen LogP contribution in [0.25, 0.3) is 0 Å². The van der Waals surface area contributed by atoms with Crippen LogP contribution >= 0.6 is 23.2 Å². The summed E-state index contributed by atoms with van der Waals surface area (Å²) in [5.74, 6) is 0.537. The van der Waals surface area contributed by atoms with Crippen LogP contribution in [-0.2, 0) is 9.59 Å². The van der Waals surface area contributed by atoms with Gasteiger partial charge in [0.25, 0.3) is 0 Å². The molecule has 3 N–H and O–H groups in total. The molecule has 2 fully saturated rings. The number of ketones is 1. The number of amides is 2. The maximum Gasteiger partial charge on any atom is 0.211 e.